The Morgan fingerprint density at radius 1 is 1.36 bits per heavy atom. The largest absolute Gasteiger partial charge is 0.359 e. The van der Waals surface area contributed by atoms with E-state index in [1.165, 1.54) is 5.56 Å². The highest BCUT2D eigenvalue weighted by Crippen LogP contribution is 2.24. The van der Waals surface area contributed by atoms with Crippen molar-refractivity contribution in [1.82, 2.24) is 20.0 Å². The van der Waals surface area contributed by atoms with Crippen molar-refractivity contribution in [2.45, 2.75) is 25.6 Å². The quantitative estimate of drug-likeness (QED) is 0.940. The third-order valence-corrected chi connectivity index (χ3v) is 4.22. The number of hydrogen-bond acceptors (Lipinski definition) is 3. The van der Waals surface area contributed by atoms with Crippen LogP contribution in [0.2, 0.25) is 5.02 Å². The summed E-state index contributed by atoms with van der Waals surface area (Å²) in [4.78, 5) is 14.1. The SMILES string of the molecule is CNC(=O)C[C@H]1CN(Cc2ccc(Cl)cc2)Cc2ccnn21. The molecule has 1 aliphatic rings. The highest BCUT2D eigenvalue weighted by atomic mass is 35.5. The van der Waals surface area contributed by atoms with E-state index in [4.69, 9.17) is 11.6 Å². The van der Waals surface area contributed by atoms with Gasteiger partial charge in [0.05, 0.1) is 18.2 Å². The maximum absolute atomic E-state index is 11.7. The Balaban J connectivity index is 1.74. The molecule has 1 atom stereocenters. The van der Waals surface area contributed by atoms with Crippen LogP contribution in [-0.4, -0.2) is 34.2 Å². The van der Waals surface area contributed by atoms with Gasteiger partial charge in [0.15, 0.2) is 0 Å². The molecule has 6 heteroatoms. The zero-order chi connectivity index (χ0) is 15.5. The molecule has 0 spiro atoms. The highest BCUT2D eigenvalue weighted by molar-refractivity contribution is 6.30. The minimum absolute atomic E-state index is 0.0415. The summed E-state index contributed by atoms with van der Waals surface area (Å²) in [7, 11) is 1.67. The van der Waals surface area contributed by atoms with Crippen molar-refractivity contribution in [2.75, 3.05) is 13.6 Å². The smallest absolute Gasteiger partial charge is 0.221 e. The molecule has 1 aromatic carbocycles. The number of nitrogens with zero attached hydrogens (tertiary/aromatic N) is 3. The number of fused-ring (bicyclic) bond motifs is 1. The van der Waals surface area contributed by atoms with Crippen LogP contribution in [0.5, 0.6) is 0 Å². The minimum Gasteiger partial charge on any atom is -0.359 e. The molecule has 0 saturated heterocycles. The monoisotopic (exact) mass is 318 g/mol. The van der Waals surface area contributed by atoms with Crippen LogP contribution < -0.4 is 5.32 Å². The van der Waals surface area contributed by atoms with Gasteiger partial charge in [0.25, 0.3) is 0 Å². The molecule has 116 valence electrons. The van der Waals surface area contributed by atoms with E-state index >= 15 is 0 Å². The van der Waals surface area contributed by atoms with Crippen molar-refractivity contribution in [3.8, 4) is 0 Å². The first-order chi connectivity index (χ1) is 10.7. The summed E-state index contributed by atoms with van der Waals surface area (Å²) in [5.41, 5.74) is 2.37. The second-order valence-corrected chi connectivity index (χ2v) is 6.03. The average Bonchev–Trinajstić information content (AvgIpc) is 2.98. The molecule has 3 rings (SSSR count). The van der Waals surface area contributed by atoms with Crippen LogP contribution in [0.3, 0.4) is 0 Å². The summed E-state index contributed by atoms with van der Waals surface area (Å²) in [5.74, 6) is 0.0415. The molecule has 0 fully saturated rings. The van der Waals surface area contributed by atoms with Gasteiger partial charge in [0, 0.05) is 37.9 Å². The number of benzene rings is 1. The van der Waals surface area contributed by atoms with E-state index < -0.39 is 0 Å². The van der Waals surface area contributed by atoms with Crippen molar-refractivity contribution in [1.29, 1.82) is 0 Å². The lowest BCUT2D eigenvalue weighted by atomic mass is 10.1. The van der Waals surface area contributed by atoms with Gasteiger partial charge < -0.3 is 5.32 Å². The average molecular weight is 319 g/mol. The first kappa shape index (κ1) is 15.1. The van der Waals surface area contributed by atoms with E-state index in [2.05, 4.69) is 15.3 Å². The highest BCUT2D eigenvalue weighted by Gasteiger charge is 2.27. The first-order valence-corrected chi connectivity index (χ1v) is 7.73. The van der Waals surface area contributed by atoms with Crippen LogP contribution in [0.1, 0.15) is 23.7 Å². The summed E-state index contributed by atoms with van der Waals surface area (Å²) < 4.78 is 1.98. The van der Waals surface area contributed by atoms with E-state index in [0.29, 0.717) is 6.42 Å². The number of rotatable bonds is 4. The molecule has 0 radical (unpaired) electrons. The molecule has 0 bridgehead atoms. The molecule has 1 aromatic heterocycles. The van der Waals surface area contributed by atoms with E-state index in [9.17, 15) is 4.79 Å². The number of carbonyl (C=O) groups excluding carboxylic acids is 1. The number of halogens is 1. The van der Waals surface area contributed by atoms with Crippen LogP contribution >= 0.6 is 11.6 Å². The van der Waals surface area contributed by atoms with E-state index in [1.54, 1.807) is 13.2 Å². The third-order valence-electron chi connectivity index (χ3n) is 3.97. The van der Waals surface area contributed by atoms with Crippen molar-refractivity contribution in [3.05, 3.63) is 52.8 Å². The molecule has 5 nitrogen and oxygen atoms in total. The summed E-state index contributed by atoms with van der Waals surface area (Å²) in [6, 6.07) is 10.0. The maximum atomic E-state index is 11.7. The van der Waals surface area contributed by atoms with Crippen molar-refractivity contribution < 1.29 is 4.79 Å². The van der Waals surface area contributed by atoms with E-state index in [-0.39, 0.29) is 11.9 Å². The number of aromatic nitrogens is 2. The Bertz CT molecular complexity index is 652. The van der Waals surface area contributed by atoms with Crippen molar-refractivity contribution in [2.24, 2.45) is 0 Å². The molecule has 2 heterocycles. The maximum Gasteiger partial charge on any atom is 0.221 e. The Hall–Kier alpha value is -1.85. The van der Waals surface area contributed by atoms with Gasteiger partial charge in [-0.2, -0.15) is 5.10 Å². The van der Waals surface area contributed by atoms with Gasteiger partial charge in [0.1, 0.15) is 0 Å². The first-order valence-electron chi connectivity index (χ1n) is 7.35. The van der Waals surface area contributed by atoms with Gasteiger partial charge in [0.2, 0.25) is 5.91 Å². The van der Waals surface area contributed by atoms with E-state index in [0.717, 1.165) is 30.4 Å². The van der Waals surface area contributed by atoms with Crippen LogP contribution in [0.15, 0.2) is 36.5 Å². The number of nitrogens with one attached hydrogen (secondary N) is 1. The molecular formula is C16H19ClN4O. The Morgan fingerprint density at radius 3 is 2.86 bits per heavy atom. The Morgan fingerprint density at radius 2 is 2.14 bits per heavy atom. The summed E-state index contributed by atoms with van der Waals surface area (Å²) in [6.45, 7) is 2.49. The van der Waals surface area contributed by atoms with Crippen LogP contribution in [0.25, 0.3) is 0 Å². The molecule has 22 heavy (non-hydrogen) atoms. The lowest BCUT2D eigenvalue weighted by Crippen LogP contribution is -2.39. The predicted octanol–water partition coefficient (Wildman–Crippen LogP) is 2.23. The predicted molar refractivity (Wildman–Crippen MR) is 85.5 cm³/mol. The van der Waals surface area contributed by atoms with E-state index in [1.807, 2.05) is 35.0 Å². The fourth-order valence-corrected chi connectivity index (χ4v) is 3.03. The second-order valence-electron chi connectivity index (χ2n) is 5.59. The van der Waals surface area contributed by atoms with Crippen LogP contribution in [-0.2, 0) is 17.9 Å². The van der Waals surface area contributed by atoms with Crippen LogP contribution in [0, 0.1) is 0 Å². The summed E-state index contributed by atoms with van der Waals surface area (Å²) in [6.07, 6.45) is 2.25. The van der Waals surface area contributed by atoms with Gasteiger partial charge in [-0.1, -0.05) is 23.7 Å². The molecule has 0 saturated carbocycles. The van der Waals surface area contributed by atoms with Gasteiger partial charge in [-0.25, -0.2) is 0 Å². The molecule has 2 aromatic rings. The standard InChI is InChI=1S/C16H19ClN4O/c1-18-16(22)8-15-11-20(10-14-6-7-19-21(14)15)9-12-2-4-13(17)5-3-12/h2-7,15H,8-11H2,1H3,(H,18,22)/t15-/m0/s1. The van der Waals surface area contributed by atoms with Gasteiger partial charge in [-0.3, -0.25) is 14.4 Å². The van der Waals surface area contributed by atoms with Crippen molar-refractivity contribution >= 4 is 17.5 Å². The van der Waals surface area contributed by atoms with Crippen LogP contribution in [0.4, 0.5) is 0 Å². The van der Waals surface area contributed by atoms with Gasteiger partial charge in [-0.15, -0.1) is 0 Å². The lowest BCUT2D eigenvalue weighted by Gasteiger charge is -2.33. The van der Waals surface area contributed by atoms with Crippen molar-refractivity contribution in [3.63, 3.8) is 0 Å². The number of amides is 1. The summed E-state index contributed by atoms with van der Waals surface area (Å²) >= 11 is 5.93. The Kier molecular flexibility index (Phi) is 4.45. The second kappa shape index (κ2) is 6.50. The normalized spacial score (nSPS) is 18.0. The molecule has 1 amide bonds. The fourth-order valence-electron chi connectivity index (χ4n) is 2.90. The number of hydrogen-bond donors (Lipinski definition) is 1. The molecular weight excluding hydrogens is 300 g/mol. The third kappa shape index (κ3) is 3.31. The molecule has 0 unspecified atom stereocenters. The summed E-state index contributed by atoms with van der Waals surface area (Å²) in [5, 5.41) is 7.81. The topological polar surface area (TPSA) is 50.2 Å². The number of carbonyl (C=O) groups is 1. The molecule has 1 aliphatic heterocycles. The zero-order valence-electron chi connectivity index (χ0n) is 12.5. The molecule has 1 N–H and O–H groups in total. The zero-order valence-corrected chi connectivity index (χ0v) is 13.3. The fraction of sp³-hybridized carbons (Fsp3) is 0.375. The lowest BCUT2D eigenvalue weighted by molar-refractivity contribution is -0.121. The van der Waals surface area contributed by atoms with Gasteiger partial charge in [-0.05, 0) is 23.8 Å². The Labute approximate surface area is 134 Å². The minimum atomic E-state index is 0.0415. The molecule has 0 aliphatic carbocycles. The van der Waals surface area contributed by atoms with Gasteiger partial charge >= 0.3 is 0 Å².